The number of furan rings is 2. The Hall–Kier alpha value is -7.10. The van der Waals surface area contributed by atoms with E-state index >= 15 is 0 Å². The highest BCUT2D eigenvalue weighted by atomic mass is 16.3. The topological polar surface area (TPSA) is 29.5 Å². The lowest BCUT2D eigenvalue weighted by Crippen LogP contribution is -2.11. The van der Waals surface area contributed by atoms with E-state index in [-0.39, 0.29) is 0 Å². The molecule has 2 heterocycles. The van der Waals surface area contributed by atoms with Crippen LogP contribution in [0.2, 0.25) is 0 Å². The zero-order valence-electron chi connectivity index (χ0n) is 28.7. The Balaban J connectivity index is 1.26. The van der Waals surface area contributed by atoms with E-state index in [1.54, 1.807) is 0 Å². The Morgan fingerprint density at radius 2 is 0.943 bits per heavy atom. The van der Waals surface area contributed by atoms with Gasteiger partial charge in [-0.1, -0.05) is 146 Å². The van der Waals surface area contributed by atoms with Crippen LogP contribution in [0.25, 0.3) is 87.7 Å². The molecule has 0 aliphatic carbocycles. The van der Waals surface area contributed by atoms with E-state index in [9.17, 15) is 0 Å². The van der Waals surface area contributed by atoms with E-state index < -0.39 is 0 Å². The monoisotopic (exact) mass is 677 g/mol. The summed E-state index contributed by atoms with van der Waals surface area (Å²) in [6.45, 7) is 0. The van der Waals surface area contributed by atoms with Gasteiger partial charge in [0.15, 0.2) is 5.58 Å². The highest BCUT2D eigenvalue weighted by Crippen LogP contribution is 2.50. The minimum absolute atomic E-state index is 0.822. The SMILES string of the molecule is c1ccc(-c2ccc(N(c3ccc4ccccc4c3)c3c(-c4cccc5c4oc4ccccc45)ccc4c3oc3c5ccccc5ccc43)cc2)cc1. The molecule has 0 saturated heterocycles. The van der Waals surface area contributed by atoms with Crippen molar-refractivity contribution >= 4 is 82.5 Å². The molecule has 248 valence electrons. The van der Waals surface area contributed by atoms with E-state index in [1.807, 2.05) is 12.1 Å². The van der Waals surface area contributed by atoms with Gasteiger partial charge in [-0.05, 0) is 69.8 Å². The number of hydrogen-bond acceptors (Lipinski definition) is 3. The number of anilines is 3. The number of nitrogens with zero attached hydrogens (tertiary/aromatic N) is 1. The molecule has 0 saturated carbocycles. The van der Waals surface area contributed by atoms with Crippen LogP contribution in [-0.4, -0.2) is 0 Å². The van der Waals surface area contributed by atoms with Gasteiger partial charge >= 0.3 is 0 Å². The Morgan fingerprint density at radius 3 is 1.81 bits per heavy atom. The lowest BCUT2D eigenvalue weighted by atomic mass is 9.96. The van der Waals surface area contributed by atoms with Crippen LogP contribution in [0.5, 0.6) is 0 Å². The average molecular weight is 678 g/mol. The largest absolute Gasteiger partial charge is 0.455 e. The molecule has 2 aromatic heterocycles. The molecular formula is C50H31NO2. The van der Waals surface area contributed by atoms with Gasteiger partial charge < -0.3 is 13.7 Å². The van der Waals surface area contributed by atoms with Gasteiger partial charge in [-0.3, -0.25) is 0 Å². The minimum Gasteiger partial charge on any atom is -0.455 e. The summed E-state index contributed by atoms with van der Waals surface area (Å²) in [6.07, 6.45) is 0. The highest BCUT2D eigenvalue weighted by molar-refractivity contribution is 6.20. The van der Waals surface area contributed by atoms with Crippen molar-refractivity contribution in [3.8, 4) is 22.3 Å². The van der Waals surface area contributed by atoms with Crippen molar-refractivity contribution in [2.75, 3.05) is 4.90 Å². The molecule has 3 heteroatoms. The number of benzene rings is 9. The summed E-state index contributed by atoms with van der Waals surface area (Å²) in [5.74, 6) is 0. The van der Waals surface area contributed by atoms with Gasteiger partial charge in [-0.25, -0.2) is 0 Å². The Bertz CT molecular complexity index is 3170. The van der Waals surface area contributed by atoms with Crippen LogP contribution in [-0.2, 0) is 0 Å². The maximum Gasteiger partial charge on any atom is 0.160 e. The average Bonchev–Trinajstić information content (AvgIpc) is 3.81. The molecule has 53 heavy (non-hydrogen) atoms. The van der Waals surface area contributed by atoms with Crippen LogP contribution in [0.3, 0.4) is 0 Å². The van der Waals surface area contributed by atoms with Crippen molar-refractivity contribution in [3.63, 3.8) is 0 Å². The number of hydrogen-bond donors (Lipinski definition) is 0. The predicted octanol–water partition coefficient (Wildman–Crippen LogP) is 14.6. The van der Waals surface area contributed by atoms with Crippen LogP contribution in [0.1, 0.15) is 0 Å². The van der Waals surface area contributed by atoms with Crippen LogP contribution < -0.4 is 4.90 Å². The van der Waals surface area contributed by atoms with Crippen molar-refractivity contribution in [1.82, 2.24) is 0 Å². The van der Waals surface area contributed by atoms with Crippen molar-refractivity contribution in [2.45, 2.75) is 0 Å². The summed E-state index contributed by atoms with van der Waals surface area (Å²) in [5.41, 5.74) is 10.8. The molecule has 0 aliphatic rings. The molecular weight excluding hydrogens is 647 g/mol. The second kappa shape index (κ2) is 11.7. The summed E-state index contributed by atoms with van der Waals surface area (Å²) in [4.78, 5) is 2.37. The van der Waals surface area contributed by atoms with Crippen LogP contribution in [0.15, 0.2) is 197 Å². The van der Waals surface area contributed by atoms with Crippen LogP contribution in [0, 0.1) is 0 Å². The molecule has 0 amide bonds. The molecule has 0 fully saturated rings. The van der Waals surface area contributed by atoms with Crippen molar-refractivity contribution in [1.29, 1.82) is 0 Å². The normalized spacial score (nSPS) is 11.8. The van der Waals surface area contributed by atoms with Gasteiger partial charge in [0.05, 0.1) is 5.69 Å². The third kappa shape index (κ3) is 4.68. The zero-order chi connectivity index (χ0) is 34.9. The summed E-state index contributed by atoms with van der Waals surface area (Å²) in [7, 11) is 0. The van der Waals surface area contributed by atoms with E-state index in [4.69, 9.17) is 8.83 Å². The smallest absolute Gasteiger partial charge is 0.160 e. The van der Waals surface area contributed by atoms with E-state index in [2.05, 4.69) is 181 Å². The predicted molar refractivity (Wildman–Crippen MR) is 222 cm³/mol. The lowest BCUT2D eigenvalue weighted by molar-refractivity contribution is 0.669. The standard InChI is InChI=1S/C50H31NO2/c1-2-11-32(12-3-1)34-21-25-37(26-22-34)51(38-27-23-33-13-4-5-15-36(33)31-38)47-41(43-19-10-18-42-40-17-8-9-20-46(40)52-49(42)43)29-30-45-44-28-24-35-14-6-7-16-39(35)48(44)53-50(45)47/h1-31H. The van der Waals surface area contributed by atoms with Crippen molar-refractivity contribution < 1.29 is 8.83 Å². The van der Waals surface area contributed by atoms with Crippen molar-refractivity contribution in [2.24, 2.45) is 0 Å². The summed E-state index contributed by atoms with van der Waals surface area (Å²) < 4.78 is 13.8. The Morgan fingerprint density at radius 1 is 0.321 bits per heavy atom. The van der Waals surface area contributed by atoms with E-state index in [0.717, 1.165) is 88.4 Å². The van der Waals surface area contributed by atoms with Gasteiger partial charge in [0, 0.05) is 49.4 Å². The highest BCUT2D eigenvalue weighted by Gasteiger charge is 2.26. The summed E-state index contributed by atoms with van der Waals surface area (Å²) >= 11 is 0. The van der Waals surface area contributed by atoms with Gasteiger partial charge in [-0.2, -0.15) is 0 Å². The minimum atomic E-state index is 0.822. The fourth-order valence-corrected chi connectivity index (χ4v) is 8.11. The Labute approximate surface area is 305 Å². The van der Waals surface area contributed by atoms with Crippen LogP contribution in [0.4, 0.5) is 17.1 Å². The third-order valence-corrected chi connectivity index (χ3v) is 10.6. The van der Waals surface area contributed by atoms with Gasteiger partial charge in [0.25, 0.3) is 0 Å². The first-order valence-corrected chi connectivity index (χ1v) is 18.0. The van der Waals surface area contributed by atoms with Gasteiger partial charge in [0.1, 0.15) is 16.7 Å². The molecule has 11 aromatic rings. The van der Waals surface area contributed by atoms with Gasteiger partial charge in [0.2, 0.25) is 0 Å². The van der Waals surface area contributed by atoms with Crippen LogP contribution >= 0.6 is 0 Å². The molecule has 3 nitrogen and oxygen atoms in total. The first-order chi connectivity index (χ1) is 26.3. The fourth-order valence-electron chi connectivity index (χ4n) is 8.11. The first-order valence-electron chi connectivity index (χ1n) is 18.0. The molecule has 0 unspecified atom stereocenters. The molecule has 0 N–H and O–H groups in total. The maximum atomic E-state index is 7.16. The molecule has 0 radical (unpaired) electrons. The molecule has 11 rings (SSSR count). The summed E-state index contributed by atoms with van der Waals surface area (Å²) in [6, 6.07) is 66.7. The van der Waals surface area contributed by atoms with E-state index in [1.165, 1.54) is 16.3 Å². The second-order valence-electron chi connectivity index (χ2n) is 13.7. The maximum absolute atomic E-state index is 7.16. The lowest BCUT2D eigenvalue weighted by Gasteiger charge is -2.28. The number of fused-ring (bicyclic) bond motifs is 9. The number of rotatable bonds is 5. The van der Waals surface area contributed by atoms with Gasteiger partial charge in [-0.15, -0.1) is 0 Å². The zero-order valence-corrected chi connectivity index (χ0v) is 28.7. The fraction of sp³-hybridized carbons (Fsp3) is 0. The third-order valence-electron chi connectivity index (χ3n) is 10.6. The van der Waals surface area contributed by atoms with Crippen molar-refractivity contribution in [3.05, 3.63) is 188 Å². The summed E-state index contributed by atoms with van der Waals surface area (Å²) in [5, 5.41) is 8.94. The Kier molecular flexibility index (Phi) is 6.55. The second-order valence-corrected chi connectivity index (χ2v) is 13.7. The first kappa shape index (κ1) is 29.6. The molecule has 0 bridgehead atoms. The molecule has 0 spiro atoms. The van der Waals surface area contributed by atoms with E-state index in [0.29, 0.717) is 0 Å². The molecule has 0 atom stereocenters. The number of para-hydroxylation sites is 2. The quantitative estimate of drug-likeness (QED) is 0.182. The molecule has 0 aliphatic heterocycles. The molecule has 9 aromatic carbocycles.